The number of alkyl halides is 2. The molecule has 0 saturated heterocycles. The van der Waals surface area contributed by atoms with E-state index in [-0.39, 0.29) is 16.8 Å². The Morgan fingerprint density at radius 1 is 1.17 bits per heavy atom. The van der Waals surface area contributed by atoms with E-state index in [0.29, 0.717) is 16.9 Å². The number of halogens is 3. The number of aryl methyl sites for hydroxylation is 1. The molecule has 0 fully saturated rings. The van der Waals surface area contributed by atoms with Crippen LogP contribution in [0.4, 0.5) is 13.2 Å². The number of hydrogen-bond acceptors (Lipinski definition) is 6. The SMILES string of the molecule is CC(c1cc(=O)n(-c2cccc(-c3cnnn3C)c2)nc1C(N)=O)c1cccc(C(F)(F)CO)c1F. The smallest absolute Gasteiger partial charge is 0.298 e. The van der Waals surface area contributed by atoms with Crippen LogP contribution in [0.25, 0.3) is 16.9 Å². The van der Waals surface area contributed by atoms with Gasteiger partial charge in [-0.25, -0.2) is 9.07 Å². The normalized spacial score (nSPS) is 12.5. The van der Waals surface area contributed by atoms with Crippen molar-refractivity contribution >= 4 is 5.91 Å². The minimum absolute atomic E-state index is 0.0286. The predicted octanol–water partition coefficient (Wildman–Crippen LogP) is 2.50. The van der Waals surface area contributed by atoms with Gasteiger partial charge in [0.2, 0.25) is 0 Å². The minimum atomic E-state index is -3.82. The molecule has 2 aromatic carbocycles. The van der Waals surface area contributed by atoms with E-state index in [1.54, 1.807) is 31.3 Å². The fourth-order valence-corrected chi connectivity index (χ4v) is 3.94. The van der Waals surface area contributed by atoms with Crippen LogP contribution in [-0.2, 0) is 13.0 Å². The van der Waals surface area contributed by atoms with Crippen LogP contribution in [-0.4, -0.2) is 42.4 Å². The Hall–Kier alpha value is -4.32. The molecule has 4 rings (SSSR count). The standard InChI is InChI=1S/C24H21F3N6O3/c1-13(16-7-4-8-18(21(16)25)24(26,27)12-34)17-10-20(35)33(30-22(17)23(28)36)15-6-3-5-14(9-15)19-11-29-31-32(19)2/h3-11,13,34H,12H2,1-2H3,(H2,28,36). The van der Waals surface area contributed by atoms with Crippen LogP contribution in [0.15, 0.2) is 59.5 Å². The monoisotopic (exact) mass is 498 g/mol. The quantitative estimate of drug-likeness (QED) is 0.403. The second kappa shape index (κ2) is 9.38. The Balaban J connectivity index is 1.83. The first-order valence-electron chi connectivity index (χ1n) is 10.7. The molecule has 0 aliphatic rings. The van der Waals surface area contributed by atoms with Crippen LogP contribution in [0.3, 0.4) is 0 Å². The van der Waals surface area contributed by atoms with Gasteiger partial charge in [-0.3, -0.25) is 9.59 Å². The molecule has 1 atom stereocenters. The van der Waals surface area contributed by atoms with Crippen LogP contribution >= 0.6 is 0 Å². The molecule has 9 nitrogen and oxygen atoms in total. The topological polar surface area (TPSA) is 129 Å². The molecule has 0 aliphatic carbocycles. The third-order valence-corrected chi connectivity index (χ3v) is 5.85. The van der Waals surface area contributed by atoms with E-state index >= 15 is 4.39 Å². The molecule has 4 aromatic rings. The molecular weight excluding hydrogens is 477 g/mol. The molecule has 36 heavy (non-hydrogen) atoms. The number of nitrogens with two attached hydrogens (primary N) is 1. The van der Waals surface area contributed by atoms with Crippen molar-refractivity contribution in [3.63, 3.8) is 0 Å². The lowest BCUT2D eigenvalue weighted by Crippen LogP contribution is -2.29. The zero-order chi connectivity index (χ0) is 26.2. The second-order valence-corrected chi connectivity index (χ2v) is 8.15. The molecular formula is C24H21F3N6O3. The first-order valence-corrected chi connectivity index (χ1v) is 10.7. The van der Waals surface area contributed by atoms with Gasteiger partial charge in [0.15, 0.2) is 5.69 Å². The summed E-state index contributed by atoms with van der Waals surface area (Å²) < 4.78 is 45.6. The van der Waals surface area contributed by atoms with Crippen molar-refractivity contribution in [2.24, 2.45) is 12.8 Å². The summed E-state index contributed by atoms with van der Waals surface area (Å²) in [7, 11) is 1.70. The third-order valence-electron chi connectivity index (χ3n) is 5.85. The highest BCUT2D eigenvalue weighted by Crippen LogP contribution is 2.35. The summed E-state index contributed by atoms with van der Waals surface area (Å²) in [6.07, 6.45) is 1.54. The number of carbonyl (C=O) groups excluding carboxylic acids is 1. The van der Waals surface area contributed by atoms with Gasteiger partial charge in [-0.2, -0.15) is 18.6 Å². The maximum atomic E-state index is 15.1. The highest BCUT2D eigenvalue weighted by molar-refractivity contribution is 5.92. The van der Waals surface area contributed by atoms with Gasteiger partial charge in [-0.15, -0.1) is 5.10 Å². The minimum Gasteiger partial charge on any atom is -0.390 e. The number of carbonyl (C=O) groups is 1. The summed E-state index contributed by atoms with van der Waals surface area (Å²) in [5, 5.41) is 20.8. The van der Waals surface area contributed by atoms with Gasteiger partial charge >= 0.3 is 0 Å². The van der Waals surface area contributed by atoms with E-state index in [2.05, 4.69) is 15.4 Å². The molecule has 0 saturated carbocycles. The fourth-order valence-electron chi connectivity index (χ4n) is 3.94. The van der Waals surface area contributed by atoms with Crippen molar-refractivity contribution in [3.05, 3.63) is 93.3 Å². The Morgan fingerprint density at radius 2 is 1.89 bits per heavy atom. The first kappa shape index (κ1) is 24.8. The van der Waals surface area contributed by atoms with Crippen LogP contribution < -0.4 is 11.3 Å². The number of benzene rings is 2. The van der Waals surface area contributed by atoms with E-state index in [9.17, 15) is 18.4 Å². The summed E-state index contributed by atoms with van der Waals surface area (Å²) in [5.74, 6) is -7.11. The molecule has 2 heterocycles. The van der Waals surface area contributed by atoms with E-state index in [4.69, 9.17) is 10.8 Å². The summed E-state index contributed by atoms with van der Waals surface area (Å²) >= 11 is 0. The van der Waals surface area contributed by atoms with E-state index in [1.807, 2.05) is 0 Å². The highest BCUT2D eigenvalue weighted by atomic mass is 19.3. The zero-order valence-corrected chi connectivity index (χ0v) is 19.2. The Labute approximate surface area is 202 Å². The first-order chi connectivity index (χ1) is 17.0. The number of primary amides is 1. The Morgan fingerprint density at radius 3 is 2.53 bits per heavy atom. The van der Waals surface area contributed by atoms with Crippen molar-refractivity contribution in [2.75, 3.05) is 6.61 Å². The number of rotatable bonds is 7. The number of amides is 1. The van der Waals surface area contributed by atoms with Gasteiger partial charge in [0.25, 0.3) is 17.4 Å². The lowest BCUT2D eigenvalue weighted by Gasteiger charge is -2.20. The van der Waals surface area contributed by atoms with Crippen LogP contribution in [0.5, 0.6) is 0 Å². The molecule has 2 aromatic heterocycles. The fraction of sp³-hybridized carbons (Fsp3) is 0.208. The summed E-state index contributed by atoms with van der Waals surface area (Å²) in [6, 6.07) is 11.1. The van der Waals surface area contributed by atoms with Crippen LogP contribution in [0.1, 0.15) is 40.0 Å². The molecule has 0 radical (unpaired) electrons. The number of hydrogen-bond donors (Lipinski definition) is 2. The molecule has 1 unspecified atom stereocenters. The summed E-state index contributed by atoms with van der Waals surface area (Å²) in [5.41, 5.74) is 4.96. The van der Waals surface area contributed by atoms with Gasteiger partial charge in [0.1, 0.15) is 12.4 Å². The lowest BCUT2D eigenvalue weighted by atomic mass is 9.89. The number of nitrogens with zero attached hydrogens (tertiary/aromatic N) is 5. The largest absolute Gasteiger partial charge is 0.390 e. The molecule has 0 aliphatic heterocycles. The zero-order valence-electron chi connectivity index (χ0n) is 19.2. The van der Waals surface area contributed by atoms with Crippen LogP contribution in [0, 0.1) is 5.82 Å². The van der Waals surface area contributed by atoms with Crippen molar-refractivity contribution < 1.29 is 23.1 Å². The van der Waals surface area contributed by atoms with Crippen LogP contribution in [0.2, 0.25) is 0 Å². The van der Waals surface area contributed by atoms with Gasteiger partial charge in [-0.05, 0) is 29.3 Å². The summed E-state index contributed by atoms with van der Waals surface area (Å²) in [4.78, 5) is 25.3. The van der Waals surface area contributed by atoms with Crippen molar-refractivity contribution in [2.45, 2.75) is 18.8 Å². The average molecular weight is 498 g/mol. The van der Waals surface area contributed by atoms with Gasteiger partial charge in [0, 0.05) is 24.6 Å². The van der Waals surface area contributed by atoms with Crippen molar-refractivity contribution in [1.29, 1.82) is 0 Å². The molecule has 0 spiro atoms. The predicted molar refractivity (Wildman–Crippen MR) is 123 cm³/mol. The number of aliphatic hydroxyl groups excluding tert-OH is 1. The number of aliphatic hydroxyl groups is 1. The maximum absolute atomic E-state index is 15.1. The van der Waals surface area contributed by atoms with E-state index < -0.39 is 41.3 Å². The molecule has 1 amide bonds. The van der Waals surface area contributed by atoms with Gasteiger partial charge < -0.3 is 10.8 Å². The Kier molecular flexibility index (Phi) is 6.46. The van der Waals surface area contributed by atoms with Gasteiger partial charge in [-0.1, -0.05) is 36.4 Å². The lowest BCUT2D eigenvalue weighted by molar-refractivity contribution is -0.0583. The van der Waals surface area contributed by atoms with Gasteiger partial charge in [0.05, 0.1) is 23.1 Å². The molecule has 12 heteroatoms. The average Bonchev–Trinajstić information content (AvgIpc) is 3.29. The molecule has 186 valence electrons. The number of aromatic nitrogens is 5. The molecule has 0 bridgehead atoms. The molecule has 3 N–H and O–H groups in total. The van der Waals surface area contributed by atoms with E-state index in [0.717, 1.165) is 16.8 Å². The second-order valence-electron chi connectivity index (χ2n) is 8.15. The third kappa shape index (κ3) is 4.38. The van der Waals surface area contributed by atoms with Crippen molar-refractivity contribution in [3.8, 4) is 16.9 Å². The maximum Gasteiger partial charge on any atom is 0.298 e. The summed E-state index contributed by atoms with van der Waals surface area (Å²) in [6.45, 7) is -0.150. The van der Waals surface area contributed by atoms with E-state index in [1.165, 1.54) is 29.9 Å². The van der Waals surface area contributed by atoms with Crippen molar-refractivity contribution in [1.82, 2.24) is 24.8 Å². The Bertz CT molecular complexity index is 1520. The highest BCUT2D eigenvalue weighted by Gasteiger charge is 2.35.